The molecule has 0 aromatic carbocycles. The first-order valence-electron chi connectivity index (χ1n) is 7.76. The van der Waals surface area contributed by atoms with E-state index in [1.54, 1.807) is 11.8 Å². The number of aromatic amines is 1. The van der Waals surface area contributed by atoms with Crippen LogP contribution in [0.25, 0.3) is 0 Å². The summed E-state index contributed by atoms with van der Waals surface area (Å²) in [7, 11) is 0. The number of carbonyl (C=O) groups is 2. The van der Waals surface area contributed by atoms with Gasteiger partial charge in [-0.3, -0.25) is 0 Å². The summed E-state index contributed by atoms with van der Waals surface area (Å²) in [6, 6.07) is 0. The Morgan fingerprint density at radius 3 is 2.82 bits per heavy atom. The Morgan fingerprint density at radius 2 is 2.18 bits per heavy atom. The predicted octanol–water partition coefficient (Wildman–Crippen LogP) is 2.14. The molecule has 120 valence electrons. The number of aromatic nitrogens is 2. The predicted molar refractivity (Wildman–Crippen MR) is 77.9 cm³/mol. The molecular weight excluding hydrogens is 286 g/mol. The number of likely N-dealkylation sites (tertiary alicyclic amines) is 1. The van der Waals surface area contributed by atoms with E-state index in [4.69, 9.17) is 9.84 Å². The fourth-order valence-corrected chi connectivity index (χ4v) is 2.82. The van der Waals surface area contributed by atoms with Crippen molar-refractivity contribution in [2.24, 2.45) is 5.92 Å². The molecule has 2 N–H and O–H groups in total. The molecule has 2 aliphatic rings. The van der Waals surface area contributed by atoms with Crippen molar-refractivity contribution in [3.05, 3.63) is 17.2 Å². The van der Waals surface area contributed by atoms with Gasteiger partial charge in [0.15, 0.2) is 5.69 Å². The van der Waals surface area contributed by atoms with E-state index in [-0.39, 0.29) is 17.7 Å². The van der Waals surface area contributed by atoms with Crippen molar-refractivity contribution in [2.75, 3.05) is 19.7 Å². The maximum Gasteiger partial charge on any atom is 0.409 e. The number of carboxylic acid groups (broad SMARTS) is 1. The molecule has 2 fully saturated rings. The second-order valence-corrected chi connectivity index (χ2v) is 6.21. The molecule has 3 rings (SSSR count). The van der Waals surface area contributed by atoms with Crippen LogP contribution in [-0.4, -0.2) is 51.7 Å². The van der Waals surface area contributed by atoms with Gasteiger partial charge in [0.1, 0.15) is 5.82 Å². The van der Waals surface area contributed by atoms with E-state index in [0.717, 1.165) is 25.7 Å². The Balaban J connectivity index is 1.63. The molecule has 1 unspecified atom stereocenters. The van der Waals surface area contributed by atoms with E-state index in [0.29, 0.717) is 37.1 Å². The molecular formula is C15H21N3O4. The minimum atomic E-state index is -1.03. The Morgan fingerprint density at radius 1 is 1.41 bits per heavy atom. The number of hydrogen-bond acceptors (Lipinski definition) is 4. The third kappa shape index (κ3) is 3.23. The molecule has 0 spiro atoms. The molecule has 1 aromatic heterocycles. The average Bonchev–Trinajstić information content (AvgIpc) is 3.25. The van der Waals surface area contributed by atoms with Crippen LogP contribution < -0.4 is 0 Å². The molecule has 1 aliphatic carbocycles. The third-order valence-electron chi connectivity index (χ3n) is 4.31. The summed E-state index contributed by atoms with van der Waals surface area (Å²) >= 11 is 0. The zero-order valence-electron chi connectivity index (χ0n) is 12.7. The lowest BCUT2D eigenvalue weighted by molar-refractivity contribution is 0.0689. The van der Waals surface area contributed by atoms with Crippen LogP contribution in [0.5, 0.6) is 0 Å². The molecule has 1 aromatic rings. The number of H-pyrrole nitrogens is 1. The lowest BCUT2D eigenvalue weighted by Gasteiger charge is -2.31. The summed E-state index contributed by atoms with van der Waals surface area (Å²) in [4.78, 5) is 32.1. The summed E-state index contributed by atoms with van der Waals surface area (Å²) in [5, 5.41) is 9.08. The Labute approximate surface area is 128 Å². The highest BCUT2D eigenvalue weighted by Gasteiger charge is 2.30. The van der Waals surface area contributed by atoms with Crippen LogP contribution in [0.15, 0.2) is 0 Å². The van der Waals surface area contributed by atoms with Crippen LogP contribution in [0.1, 0.15) is 53.6 Å². The second-order valence-electron chi connectivity index (χ2n) is 6.21. The first-order chi connectivity index (χ1) is 10.5. The monoisotopic (exact) mass is 307 g/mol. The summed E-state index contributed by atoms with van der Waals surface area (Å²) < 4.78 is 5.32. The van der Waals surface area contributed by atoms with E-state index in [2.05, 4.69) is 9.97 Å². The van der Waals surface area contributed by atoms with Crippen LogP contribution in [0.2, 0.25) is 0 Å². The van der Waals surface area contributed by atoms with Gasteiger partial charge >= 0.3 is 12.1 Å². The zero-order chi connectivity index (χ0) is 15.7. The number of rotatable bonds is 4. The summed E-state index contributed by atoms with van der Waals surface area (Å²) in [6.07, 6.45) is 3.79. The number of nitrogens with one attached hydrogen (secondary N) is 1. The molecule has 7 heteroatoms. The molecule has 1 aliphatic heterocycles. The van der Waals surface area contributed by atoms with Crippen LogP contribution in [0.4, 0.5) is 4.79 Å². The van der Waals surface area contributed by atoms with Gasteiger partial charge in [-0.2, -0.15) is 0 Å². The van der Waals surface area contributed by atoms with Gasteiger partial charge in [-0.25, -0.2) is 14.6 Å². The van der Waals surface area contributed by atoms with E-state index in [9.17, 15) is 9.59 Å². The number of amides is 1. The topological polar surface area (TPSA) is 95.5 Å². The van der Waals surface area contributed by atoms with Gasteiger partial charge in [0.25, 0.3) is 0 Å². The Bertz CT molecular complexity index is 579. The largest absolute Gasteiger partial charge is 0.476 e. The summed E-state index contributed by atoms with van der Waals surface area (Å²) in [5.74, 6) is 0.204. The average molecular weight is 307 g/mol. The number of aromatic carboxylic acids is 1. The molecule has 22 heavy (non-hydrogen) atoms. The molecule has 1 atom stereocenters. The molecule has 1 saturated heterocycles. The van der Waals surface area contributed by atoms with Gasteiger partial charge in [-0.1, -0.05) is 0 Å². The van der Waals surface area contributed by atoms with Crippen molar-refractivity contribution >= 4 is 12.1 Å². The van der Waals surface area contributed by atoms with Gasteiger partial charge in [0, 0.05) is 24.7 Å². The molecule has 1 saturated carbocycles. The van der Waals surface area contributed by atoms with Crippen LogP contribution in [0.3, 0.4) is 0 Å². The highest BCUT2D eigenvalue weighted by atomic mass is 16.6. The maximum atomic E-state index is 12.1. The summed E-state index contributed by atoms with van der Waals surface area (Å²) in [5.41, 5.74) is 0.611. The molecule has 7 nitrogen and oxygen atoms in total. The summed E-state index contributed by atoms with van der Waals surface area (Å²) in [6.45, 7) is 3.43. The number of carboxylic acids is 1. The van der Waals surface area contributed by atoms with Crippen molar-refractivity contribution < 1.29 is 19.4 Å². The maximum absolute atomic E-state index is 12.1. The van der Waals surface area contributed by atoms with Crippen molar-refractivity contribution in [1.29, 1.82) is 0 Å². The van der Waals surface area contributed by atoms with Crippen molar-refractivity contribution in [1.82, 2.24) is 14.9 Å². The second kappa shape index (κ2) is 5.98. The quantitative estimate of drug-likeness (QED) is 0.888. The molecule has 0 bridgehead atoms. The van der Waals surface area contributed by atoms with Gasteiger partial charge in [0.05, 0.1) is 6.61 Å². The highest BCUT2D eigenvalue weighted by Crippen LogP contribution is 2.30. The van der Waals surface area contributed by atoms with Crippen LogP contribution >= 0.6 is 0 Å². The number of ether oxygens (including phenoxy) is 1. The minimum absolute atomic E-state index is 0.0361. The van der Waals surface area contributed by atoms with E-state index >= 15 is 0 Å². The van der Waals surface area contributed by atoms with Gasteiger partial charge in [0.2, 0.25) is 0 Å². The first kappa shape index (κ1) is 14.9. The molecule has 1 amide bonds. The zero-order valence-corrected chi connectivity index (χ0v) is 12.7. The van der Waals surface area contributed by atoms with Gasteiger partial charge in [-0.15, -0.1) is 0 Å². The van der Waals surface area contributed by atoms with E-state index < -0.39 is 5.97 Å². The number of aryl methyl sites for hydroxylation is 1. The van der Waals surface area contributed by atoms with Crippen molar-refractivity contribution in [2.45, 2.75) is 38.5 Å². The molecule has 0 radical (unpaired) electrons. The highest BCUT2D eigenvalue weighted by molar-refractivity contribution is 5.86. The van der Waals surface area contributed by atoms with Crippen LogP contribution in [0, 0.1) is 12.8 Å². The fourth-order valence-electron chi connectivity index (χ4n) is 2.82. The van der Waals surface area contributed by atoms with Crippen LogP contribution in [-0.2, 0) is 4.74 Å². The lowest BCUT2D eigenvalue weighted by Crippen LogP contribution is -2.40. The van der Waals surface area contributed by atoms with Crippen molar-refractivity contribution in [3.63, 3.8) is 0 Å². The number of hydrogen-bond donors (Lipinski definition) is 2. The number of imidazole rings is 1. The number of carbonyl (C=O) groups excluding carboxylic acids is 1. The van der Waals surface area contributed by atoms with Gasteiger partial charge < -0.3 is 19.7 Å². The van der Waals surface area contributed by atoms with E-state index in [1.165, 1.54) is 0 Å². The van der Waals surface area contributed by atoms with Gasteiger partial charge in [-0.05, 0) is 38.5 Å². The third-order valence-corrected chi connectivity index (χ3v) is 4.31. The SMILES string of the molecule is Cc1[nH]c(C2CCCN(C(=O)OCC3CC3)C2)nc1C(=O)O. The molecule has 2 heterocycles. The first-order valence-corrected chi connectivity index (χ1v) is 7.76. The lowest BCUT2D eigenvalue weighted by atomic mass is 9.98. The Hall–Kier alpha value is -2.05. The number of piperidine rings is 1. The number of nitrogens with zero attached hydrogens (tertiary/aromatic N) is 2. The fraction of sp³-hybridized carbons (Fsp3) is 0.667. The van der Waals surface area contributed by atoms with Crippen molar-refractivity contribution in [3.8, 4) is 0 Å². The normalized spacial score (nSPS) is 21.7. The minimum Gasteiger partial charge on any atom is -0.476 e. The standard InChI is InChI=1S/C15H21N3O4/c1-9-12(14(19)20)17-13(16-9)11-3-2-6-18(7-11)15(21)22-8-10-4-5-10/h10-11H,2-8H2,1H3,(H,16,17)(H,19,20). The smallest absolute Gasteiger partial charge is 0.409 e. The Kier molecular flexibility index (Phi) is 4.04. The van der Waals surface area contributed by atoms with E-state index in [1.807, 2.05) is 0 Å².